The van der Waals surface area contributed by atoms with Gasteiger partial charge in [0, 0.05) is 27.9 Å². The van der Waals surface area contributed by atoms with Gasteiger partial charge in [0.2, 0.25) is 0 Å². The number of ether oxygens (including phenoxy) is 1. The van der Waals surface area contributed by atoms with Crippen molar-refractivity contribution in [1.82, 2.24) is 0 Å². The molecule has 0 unspecified atom stereocenters. The van der Waals surface area contributed by atoms with Crippen molar-refractivity contribution in [3.8, 4) is 0 Å². The number of carbonyl (C=O) groups excluding carboxylic acids is 2. The van der Waals surface area contributed by atoms with Crippen molar-refractivity contribution in [3.63, 3.8) is 0 Å². The maximum Gasteiger partial charge on any atom is 0.331 e. The first-order chi connectivity index (χ1) is 12.3. The molecule has 0 aliphatic rings. The van der Waals surface area contributed by atoms with Crippen molar-refractivity contribution in [2.45, 2.75) is 0 Å². The Morgan fingerprint density at radius 3 is 2.46 bits per heavy atom. The molecule has 7 nitrogen and oxygen atoms in total. The van der Waals surface area contributed by atoms with Crippen molar-refractivity contribution in [3.05, 3.63) is 74.3 Å². The van der Waals surface area contributed by atoms with Gasteiger partial charge in [0.05, 0.1) is 10.5 Å². The highest BCUT2D eigenvalue weighted by Crippen LogP contribution is 2.22. The van der Waals surface area contributed by atoms with Crippen LogP contribution in [0.5, 0.6) is 0 Å². The topological polar surface area (TPSA) is 98.5 Å². The van der Waals surface area contributed by atoms with Gasteiger partial charge in [0.15, 0.2) is 6.61 Å². The highest BCUT2D eigenvalue weighted by atomic mass is 35.5. The summed E-state index contributed by atoms with van der Waals surface area (Å²) in [7, 11) is 0. The Bertz CT molecular complexity index is 863. The van der Waals surface area contributed by atoms with Crippen LogP contribution in [0.3, 0.4) is 0 Å². The molecule has 0 fully saturated rings. The predicted molar refractivity (Wildman–Crippen MR) is 98.2 cm³/mol. The quantitative estimate of drug-likeness (QED) is 0.344. The van der Waals surface area contributed by atoms with E-state index in [1.54, 1.807) is 6.07 Å². The first-order valence-electron chi connectivity index (χ1n) is 7.19. The standard InChI is InChI=1S/C17H12Cl2N2O5/c18-12-7-13(19)9-14(8-12)20-16(22)10-26-17(23)6-5-11-3-1-2-4-15(11)21(24)25/h1-9H,10H2,(H,20,22)/b6-5+. The lowest BCUT2D eigenvalue weighted by Gasteiger charge is -2.06. The average Bonchev–Trinajstić information content (AvgIpc) is 2.57. The number of nitro benzene ring substituents is 1. The molecular weight excluding hydrogens is 383 g/mol. The van der Waals surface area contributed by atoms with Gasteiger partial charge in [-0.3, -0.25) is 14.9 Å². The highest BCUT2D eigenvalue weighted by Gasteiger charge is 2.11. The number of hydrogen-bond acceptors (Lipinski definition) is 5. The molecule has 2 rings (SSSR count). The fraction of sp³-hybridized carbons (Fsp3) is 0.0588. The Kier molecular flexibility index (Phi) is 6.71. The lowest BCUT2D eigenvalue weighted by Crippen LogP contribution is -2.20. The van der Waals surface area contributed by atoms with Crippen LogP contribution >= 0.6 is 23.2 Å². The molecule has 0 saturated carbocycles. The van der Waals surface area contributed by atoms with Crippen LogP contribution in [0.2, 0.25) is 10.0 Å². The number of halogens is 2. The monoisotopic (exact) mass is 394 g/mol. The van der Waals surface area contributed by atoms with Crippen LogP contribution in [0.4, 0.5) is 11.4 Å². The minimum Gasteiger partial charge on any atom is -0.452 e. The van der Waals surface area contributed by atoms with Crippen molar-refractivity contribution < 1.29 is 19.2 Å². The number of esters is 1. The second-order valence-corrected chi connectivity index (χ2v) is 5.84. The minimum atomic E-state index is -0.817. The largest absolute Gasteiger partial charge is 0.452 e. The van der Waals surface area contributed by atoms with Crippen LogP contribution in [0.1, 0.15) is 5.56 Å². The normalized spacial score (nSPS) is 10.5. The van der Waals surface area contributed by atoms with Crippen LogP contribution in [0, 0.1) is 10.1 Å². The molecule has 0 aliphatic heterocycles. The summed E-state index contributed by atoms with van der Waals surface area (Å²) in [5, 5.41) is 14.1. The maximum atomic E-state index is 11.8. The van der Waals surface area contributed by atoms with Crippen molar-refractivity contribution in [2.24, 2.45) is 0 Å². The lowest BCUT2D eigenvalue weighted by atomic mass is 10.1. The Morgan fingerprint density at radius 2 is 1.81 bits per heavy atom. The van der Waals surface area contributed by atoms with E-state index in [1.807, 2.05) is 0 Å². The number of anilines is 1. The number of nitrogens with one attached hydrogen (secondary N) is 1. The van der Waals surface area contributed by atoms with Gasteiger partial charge >= 0.3 is 5.97 Å². The minimum absolute atomic E-state index is 0.146. The Morgan fingerprint density at radius 1 is 1.15 bits per heavy atom. The van der Waals surface area contributed by atoms with E-state index < -0.39 is 23.4 Å². The van der Waals surface area contributed by atoms with E-state index in [4.69, 9.17) is 27.9 Å². The average molecular weight is 395 g/mol. The summed E-state index contributed by atoms with van der Waals surface area (Å²) in [5.74, 6) is -1.40. The predicted octanol–water partition coefficient (Wildman–Crippen LogP) is 4.10. The molecule has 134 valence electrons. The van der Waals surface area contributed by atoms with E-state index in [0.717, 1.165) is 6.08 Å². The molecule has 0 heterocycles. The molecule has 0 atom stereocenters. The van der Waals surface area contributed by atoms with E-state index in [9.17, 15) is 19.7 Å². The summed E-state index contributed by atoms with van der Waals surface area (Å²) in [6.45, 7) is -0.538. The molecule has 1 amide bonds. The number of nitro groups is 1. The van der Waals surface area contributed by atoms with Crippen LogP contribution in [0.25, 0.3) is 6.08 Å². The molecule has 26 heavy (non-hydrogen) atoms. The second-order valence-electron chi connectivity index (χ2n) is 4.96. The fourth-order valence-corrected chi connectivity index (χ4v) is 2.49. The first kappa shape index (κ1) is 19.4. The fourth-order valence-electron chi connectivity index (χ4n) is 1.96. The molecule has 2 aromatic rings. The van der Waals surface area contributed by atoms with Gasteiger partial charge in [-0.25, -0.2) is 4.79 Å². The van der Waals surface area contributed by atoms with Gasteiger partial charge in [-0.15, -0.1) is 0 Å². The molecule has 0 radical (unpaired) electrons. The maximum absolute atomic E-state index is 11.8. The van der Waals surface area contributed by atoms with Crippen molar-refractivity contribution in [1.29, 1.82) is 0 Å². The van der Waals surface area contributed by atoms with Crippen molar-refractivity contribution >= 4 is 52.5 Å². The molecule has 2 aromatic carbocycles. The van der Waals surface area contributed by atoms with Crippen LogP contribution in [-0.2, 0) is 14.3 Å². The number of benzene rings is 2. The Hall–Kier alpha value is -2.90. The third-order valence-corrected chi connectivity index (χ3v) is 3.46. The molecule has 1 N–H and O–H groups in total. The number of carbonyl (C=O) groups is 2. The SMILES string of the molecule is O=C(COC(=O)/C=C/c1ccccc1[N+](=O)[O-])Nc1cc(Cl)cc(Cl)c1. The van der Waals surface area contributed by atoms with E-state index >= 15 is 0 Å². The summed E-state index contributed by atoms with van der Waals surface area (Å²) in [6.07, 6.45) is 2.25. The van der Waals surface area contributed by atoms with E-state index in [-0.39, 0.29) is 11.3 Å². The van der Waals surface area contributed by atoms with Gasteiger partial charge in [-0.1, -0.05) is 35.3 Å². The molecule has 0 aromatic heterocycles. The number of hydrogen-bond donors (Lipinski definition) is 1. The summed E-state index contributed by atoms with van der Waals surface area (Å²) < 4.78 is 4.78. The zero-order chi connectivity index (χ0) is 19.1. The smallest absolute Gasteiger partial charge is 0.331 e. The summed E-state index contributed by atoms with van der Waals surface area (Å²) >= 11 is 11.6. The van der Waals surface area contributed by atoms with E-state index in [2.05, 4.69) is 5.32 Å². The zero-order valence-corrected chi connectivity index (χ0v) is 14.7. The third kappa shape index (κ3) is 5.87. The lowest BCUT2D eigenvalue weighted by molar-refractivity contribution is -0.385. The molecular formula is C17H12Cl2N2O5. The molecule has 0 aliphatic carbocycles. The summed E-state index contributed by atoms with van der Waals surface area (Å²) in [6, 6.07) is 10.4. The molecule has 0 bridgehead atoms. The van der Waals surface area contributed by atoms with Gasteiger partial charge in [-0.05, 0) is 30.3 Å². The van der Waals surface area contributed by atoms with Crippen LogP contribution in [0.15, 0.2) is 48.5 Å². The van der Waals surface area contributed by atoms with Gasteiger partial charge in [0.1, 0.15) is 0 Å². The zero-order valence-electron chi connectivity index (χ0n) is 13.1. The number of amides is 1. The van der Waals surface area contributed by atoms with Crippen molar-refractivity contribution in [2.75, 3.05) is 11.9 Å². The third-order valence-electron chi connectivity index (χ3n) is 3.02. The number of nitrogens with zero attached hydrogens (tertiary/aromatic N) is 1. The molecule has 0 spiro atoms. The second kappa shape index (κ2) is 8.98. The van der Waals surface area contributed by atoms with Gasteiger partial charge < -0.3 is 10.1 Å². The van der Waals surface area contributed by atoms with E-state index in [0.29, 0.717) is 15.7 Å². The molecule has 9 heteroatoms. The summed E-state index contributed by atoms with van der Waals surface area (Å²) in [4.78, 5) is 33.8. The molecule has 0 saturated heterocycles. The van der Waals surface area contributed by atoms with Gasteiger partial charge in [0.25, 0.3) is 11.6 Å². The summed E-state index contributed by atoms with van der Waals surface area (Å²) in [5.41, 5.74) is 0.457. The number of rotatable bonds is 6. The van der Waals surface area contributed by atoms with Crippen LogP contribution < -0.4 is 5.32 Å². The van der Waals surface area contributed by atoms with Crippen LogP contribution in [-0.4, -0.2) is 23.4 Å². The first-order valence-corrected chi connectivity index (χ1v) is 7.95. The number of para-hydroxylation sites is 1. The highest BCUT2D eigenvalue weighted by molar-refractivity contribution is 6.35. The van der Waals surface area contributed by atoms with E-state index in [1.165, 1.54) is 42.5 Å². The van der Waals surface area contributed by atoms with Gasteiger partial charge in [-0.2, -0.15) is 0 Å². The Labute approximate surface area is 158 Å². The Balaban J connectivity index is 1.90.